The fraction of sp³-hybridized carbons (Fsp3) is 0.471. The van der Waals surface area contributed by atoms with Crippen LogP contribution in [0.1, 0.15) is 41.9 Å². The molecule has 7 heteroatoms. The molecule has 1 N–H and O–H groups in total. The number of hydrogen-bond acceptors (Lipinski definition) is 4. The minimum atomic E-state index is -0.313. The molecule has 24 heavy (non-hydrogen) atoms. The van der Waals surface area contributed by atoms with Gasteiger partial charge in [-0.25, -0.2) is 0 Å². The van der Waals surface area contributed by atoms with E-state index in [9.17, 15) is 4.79 Å². The molecule has 126 valence electrons. The van der Waals surface area contributed by atoms with E-state index in [-0.39, 0.29) is 5.91 Å². The average Bonchev–Trinajstić information content (AvgIpc) is 3.34. The Morgan fingerprint density at radius 3 is 3.04 bits per heavy atom. The smallest absolute Gasteiger partial charge is 0.263 e. The van der Waals surface area contributed by atoms with Gasteiger partial charge in [-0.3, -0.25) is 14.7 Å². The Morgan fingerprint density at radius 2 is 2.21 bits per heavy atom. The second-order valence-corrected chi connectivity index (χ2v) is 6.78. The Balaban J connectivity index is 1.56. The van der Waals surface area contributed by atoms with Crippen LogP contribution in [-0.2, 0) is 13.0 Å². The SMILES string of the molecule is O=C(Nc1nnc2n1CCCC2)c1c(Cl)cccc1OCC1CC1. The molecule has 1 aliphatic carbocycles. The summed E-state index contributed by atoms with van der Waals surface area (Å²) in [6, 6.07) is 5.27. The molecule has 0 spiro atoms. The van der Waals surface area contributed by atoms with Crippen LogP contribution in [0.2, 0.25) is 5.02 Å². The number of ether oxygens (including phenoxy) is 1. The van der Waals surface area contributed by atoms with E-state index in [1.807, 2.05) is 4.57 Å². The third-order valence-electron chi connectivity index (χ3n) is 4.46. The lowest BCUT2D eigenvalue weighted by molar-refractivity contribution is 0.102. The van der Waals surface area contributed by atoms with E-state index >= 15 is 0 Å². The molecule has 0 saturated heterocycles. The molecular formula is C17H19ClN4O2. The van der Waals surface area contributed by atoms with Crippen molar-refractivity contribution in [2.45, 2.75) is 38.6 Å². The first kappa shape index (κ1) is 15.4. The molecule has 1 saturated carbocycles. The van der Waals surface area contributed by atoms with Gasteiger partial charge in [0.05, 0.1) is 11.6 Å². The first-order chi connectivity index (χ1) is 11.7. The van der Waals surface area contributed by atoms with Crippen LogP contribution in [0.5, 0.6) is 5.75 Å². The minimum Gasteiger partial charge on any atom is -0.492 e. The number of amides is 1. The van der Waals surface area contributed by atoms with Crippen LogP contribution in [0.4, 0.5) is 5.95 Å². The molecule has 0 bridgehead atoms. The molecule has 0 unspecified atom stereocenters. The van der Waals surface area contributed by atoms with Crippen molar-refractivity contribution >= 4 is 23.5 Å². The molecule has 1 aromatic heterocycles. The van der Waals surface area contributed by atoms with Crippen molar-refractivity contribution in [1.82, 2.24) is 14.8 Å². The van der Waals surface area contributed by atoms with E-state index in [0.717, 1.165) is 31.6 Å². The van der Waals surface area contributed by atoms with Crippen molar-refractivity contribution in [3.8, 4) is 5.75 Å². The lowest BCUT2D eigenvalue weighted by atomic mass is 10.1. The summed E-state index contributed by atoms with van der Waals surface area (Å²) in [5.41, 5.74) is 0.355. The largest absolute Gasteiger partial charge is 0.492 e. The number of nitrogens with one attached hydrogen (secondary N) is 1. The molecule has 6 nitrogen and oxygen atoms in total. The number of aromatic nitrogens is 3. The number of benzene rings is 1. The maximum atomic E-state index is 12.7. The number of carbonyl (C=O) groups excluding carboxylic acids is 1. The van der Waals surface area contributed by atoms with E-state index in [1.165, 1.54) is 12.8 Å². The molecule has 0 atom stereocenters. The highest BCUT2D eigenvalue weighted by Gasteiger charge is 2.25. The highest BCUT2D eigenvalue weighted by atomic mass is 35.5. The molecule has 1 aromatic carbocycles. The maximum absolute atomic E-state index is 12.7. The normalized spacial score (nSPS) is 16.5. The molecule has 2 aromatic rings. The molecule has 2 heterocycles. The van der Waals surface area contributed by atoms with Crippen molar-refractivity contribution in [3.05, 3.63) is 34.6 Å². The third kappa shape index (κ3) is 3.11. The van der Waals surface area contributed by atoms with Gasteiger partial charge in [0, 0.05) is 13.0 Å². The lowest BCUT2D eigenvalue weighted by Crippen LogP contribution is -2.20. The highest BCUT2D eigenvalue weighted by Crippen LogP contribution is 2.32. The lowest BCUT2D eigenvalue weighted by Gasteiger charge is -2.16. The van der Waals surface area contributed by atoms with Gasteiger partial charge in [0.25, 0.3) is 5.91 Å². The van der Waals surface area contributed by atoms with Crippen LogP contribution in [0.15, 0.2) is 18.2 Å². The molecule has 2 aliphatic rings. The van der Waals surface area contributed by atoms with Crippen molar-refractivity contribution in [1.29, 1.82) is 0 Å². The summed E-state index contributed by atoms with van der Waals surface area (Å²) >= 11 is 6.26. The van der Waals surface area contributed by atoms with E-state index < -0.39 is 0 Å². The summed E-state index contributed by atoms with van der Waals surface area (Å²) in [4.78, 5) is 12.7. The first-order valence-electron chi connectivity index (χ1n) is 8.37. The predicted octanol–water partition coefficient (Wildman–Crippen LogP) is 3.31. The van der Waals surface area contributed by atoms with Crippen molar-refractivity contribution < 1.29 is 9.53 Å². The molecule has 1 aliphatic heterocycles. The van der Waals surface area contributed by atoms with E-state index in [1.54, 1.807) is 18.2 Å². The summed E-state index contributed by atoms with van der Waals surface area (Å²) in [5, 5.41) is 11.5. The number of halogens is 1. The highest BCUT2D eigenvalue weighted by molar-refractivity contribution is 6.34. The Labute approximate surface area is 145 Å². The molecule has 0 radical (unpaired) electrons. The zero-order chi connectivity index (χ0) is 16.5. The molecule has 1 fully saturated rings. The number of aryl methyl sites for hydroxylation is 1. The van der Waals surface area contributed by atoms with Crippen molar-refractivity contribution in [3.63, 3.8) is 0 Å². The van der Waals surface area contributed by atoms with E-state index in [0.29, 0.717) is 34.8 Å². The maximum Gasteiger partial charge on any atom is 0.263 e. The van der Waals surface area contributed by atoms with Crippen LogP contribution in [0, 0.1) is 5.92 Å². The number of fused-ring (bicyclic) bond motifs is 1. The average molecular weight is 347 g/mol. The third-order valence-corrected chi connectivity index (χ3v) is 4.77. The molecular weight excluding hydrogens is 328 g/mol. The fourth-order valence-electron chi connectivity index (χ4n) is 2.90. The second kappa shape index (κ2) is 6.43. The van der Waals surface area contributed by atoms with Crippen LogP contribution in [-0.4, -0.2) is 27.3 Å². The Kier molecular flexibility index (Phi) is 4.14. The summed E-state index contributed by atoms with van der Waals surface area (Å²) in [6.45, 7) is 1.45. The van der Waals surface area contributed by atoms with Gasteiger partial charge >= 0.3 is 0 Å². The van der Waals surface area contributed by atoms with E-state index in [2.05, 4.69) is 15.5 Å². The van der Waals surface area contributed by atoms with Crippen LogP contribution in [0.3, 0.4) is 0 Å². The number of hydrogen-bond donors (Lipinski definition) is 1. The number of rotatable bonds is 5. The molecule has 4 rings (SSSR count). The summed E-state index contributed by atoms with van der Waals surface area (Å²) in [6.07, 6.45) is 5.44. The van der Waals surface area contributed by atoms with Crippen LogP contribution in [0.25, 0.3) is 0 Å². The number of nitrogens with zero attached hydrogens (tertiary/aromatic N) is 3. The second-order valence-electron chi connectivity index (χ2n) is 6.37. The number of carbonyl (C=O) groups is 1. The van der Waals surface area contributed by atoms with Gasteiger partial charge in [-0.05, 0) is 43.7 Å². The van der Waals surface area contributed by atoms with Gasteiger partial charge in [-0.1, -0.05) is 17.7 Å². The molecule has 1 amide bonds. The Morgan fingerprint density at radius 1 is 1.33 bits per heavy atom. The van der Waals surface area contributed by atoms with E-state index in [4.69, 9.17) is 16.3 Å². The van der Waals surface area contributed by atoms with Crippen LogP contribution < -0.4 is 10.1 Å². The standard InChI is InChI=1S/C17H19ClN4O2/c18-12-4-3-5-13(24-10-11-7-8-11)15(12)16(23)19-17-21-20-14-6-1-2-9-22(14)17/h3-5,11H,1-2,6-10H2,(H,19,21,23). The first-order valence-corrected chi connectivity index (χ1v) is 8.75. The summed E-state index contributed by atoms with van der Waals surface area (Å²) < 4.78 is 7.77. The zero-order valence-electron chi connectivity index (χ0n) is 13.3. The zero-order valence-corrected chi connectivity index (χ0v) is 14.1. The Bertz CT molecular complexity index is 770. The van der Waals surface area contributed by atoms with Crippen molar-refractivity contribution in [2.24, 2.45) is 5.92 Å². The summed E-state index contributed by atoms with van der Waals surface area (Å²) in [5.74, 6) is 2.20. The van der Waals surface area contributed by atoms with Gasteiger partial charge in [0.2, 0.25) is 5.95 Å². The monoisotopic (exact) mass is 346 g/mol. The predicted molar refractivity (Wildman–Crippen MR) is 90.6 cm³/mol. The van der Waals surface area contributed by atoms with Gasteiger partial charge in [-0.2, -0.15) is 0 Å². The summed E-state index contributed by atoms with van der Waals surface area (Å²) in [7, 11) is 0. The van der Waals surface area contributed by atoms with Gasteiger partial charge in [0.15, 0.2) is 0 Å². The number of anilines is 1. The van der Waals surface area contributed by atoms with Crippen LogP contribution >= 0.6 is 11.6 Å². The topological polar surface area (TPSA) is 69.0 Å². The fourth-order valence-corrected chi connectivity index (χ4v) is 3.15. The minimum absolute atomic E-state index is 0.313. The quantitative estimate of drug-likeness (QED) is 0.901. The Hall–Kier alpha value is -2.08. The van der Waals surface area contributed by atoms with Gasteiger partial charge in [0.1, 0.15) is 17.1 Å². The van der Waals surface area contributed by atoms with Gasteiger partial charge in [-0.15, -0.1) is 10.2 Å². The van der Waals surface area contributed by atoms with Crippen molar-refractivity contribution in [2.75, 3.05) is 11.9 Å². The van der Waals surface area contributed by atoms with Gasteiger partial charge < -0.3 is 4.74 Å².